The molecule has 4 heteroatoms. The van der Waals surface area contributed by atoms with Crippen molar-refractivity contribution in [3.05, 3.63) is 12.2 Å². The molecule has 0 aromatic heterocycles. The van der Waals surface area contributed by atoms with Gasteiger partial charge in [-0.05, 0) is 45.4 Å². The number of ether oxygens (including phenoxy) is 1. The van der Waals surface area contributed by atoms with Crippen molar-refractivity contribution in [3.8, 4) is 0 Å². The van der Waals surface area contributed by atoms with Crippen LogP contribution in [0.1, 0.15) is 52.4 Å². The van der Waals surface area contributed by atoms with Crippen LogP contribution >= 0.6 is 0 Å². The van der Waals surface area contributed by atoms with Gasteiger partial charge in [0.1, 0.15) is 0 Å². The molecule has 1 unspecified atom stereocenters. The van der Waals surface area contributed by atoms with Crippen molar-refractivity contribution < 1.29 is 4.74 Å². The highest BCUT2D eigenvalue weighted by Crippen LogP contribution is 2.30. The van der Waals surface area contributed by atoms with Crippen molar-refractivity contribution in [3.63, 3.8) is 0 Å². The lowest BCUT2D eigenvalue weighted by Crippen LogP contribution is -2.39. The summed E-state index contributed by atoms with van der Waals surface area (Å²) < 4.78 is 5.95. The topological polar surface area (TPSA) is 45.7 Å². The van der Waals surface area contributed by atoms with Crippen LogP contribution in [-0.2, 0) is 4.74 Å². The zero-order valence-electron chi connectivity index (χ0n) is 14.0. The number of hydrogen-bond donors (Lipinski definition) is 2. The molecule has 4 nitrogen and oxygen atoms in total. The molecule has 0 aromatic carbocycles. The van der Waals surface area contributed by atoms with Gasteiger partial charge in [0.15, 0.2) is 5.96 Å². The molecule has 122 valence electrons. The second-order valence-electron chi connectivity index (χ2n) is 5.61. The first-order valence-corrected chi connectivity index (χ1v) is 8.49. The molecule has 0 heterocycles. The fourth-order valence-corrected chi connectivity index (χ4v) is 2.99. The molecule has 0 spiro atoms. The lowest BCUT2D eigenvalue weighted by Gasteiger charge is -2.24. The van der Waals surface area contributed by atoms with Crippen molar-refractivity contribution in [2.45, 2.75) is 58.5 Å². The molecule has 0 bridgehead atoms. The molecule has 1 atom stereocenters. The Morgan fingerprint density at radius 1 is 1.29 bits per heavy atom. The Morgan fingerprint density at radius 2 is 2.00 bits per heavy atom. The standard InChI is InChI=1S/C17H33N3O/c1-4-6-9-13-19-17(18-3)20-14-12-16(21-5-2)15-10-7-8-11-15/h4,6,15-16H,5,7-14H2,1-3H3,(H2,18,19,20)/b6-4+. The third-order valence-electron chi connectivity index (χ3n) is 4.09. The second kappa shape index (κ2) is 11.6. The van der Waals surface area contributed by atoms with Crippen LogP contribution in [0.3, 0.4) is 0 Å². The molecule has 1 fully saturated rings. The smallest absolute Gasteiger partial charge is 0.190 e. The molecule has 0 saturated heterocycles. The van der Waals surface area contributed by atoms with Gasteiger partial charge in [-0.15, -0.1) is 0 Å². The second-order valence-corrected chi connectivity index (χ2v) is 5.61. The van der Waals surface area contributed by atoms with Gasteiger partial charge in [-0.25, -0.2) is 0 Å². The SMILES string of the molecule is C/C=C/CCNC(=NC)NCCC(OCC)C1CCCC1. The van der Waals surface area contributed by atoms with E-state index in [-0.39, 0.29) is 0 Å². The molecular formula is C17H33N3O. The molecule has 21 heavy (non-hydrogen) atoms. The number of guanidine groups is 1. The van der Waals surface area contributed by atoms with Gasteiger partial charge in [-0.3, -0.25) is 4.99 Å². The van der Waals surface area contributed by atoms with E-state index in [0.29, 0.717) is 6.10 Å². The lowest BCUT2D eigenvalue weighted by molar-refractivity contribution is 0.0169. The fourth-order valence-electron chi connectivity index (χ4n) is 2.99. The molecule has 0 aliphatic heterocycles. The van der Waals surface area contributed by atoms with E-state index in [2.05, 4.69) is 34.7 Å². The Balaban J connectivity index is 2.24. The molecule has 2 N–H and O–H groups in total. The zero-order valence-corrected chi connectivity index (χ0v) is 14.0. The normalized spacial score (nSPS) is 18.3. The minimum Gasteiger partial charge on any atom is -0.378 e. The molecule has 1 aliphatic carbocycles. The van der Waals surface area contributed by atoms with Gasteiger partial charge >= 0.3 is 0 Å². The first-order valence-electron chi connectivity index (χ1n) is 8.49. The third kappa shape index (κ3) is 7.51. The summed E-state index contributed by atoms with van der Waals surface area (Å²) in [7, 11) is 1.82. The average Bonchev–Trinajstić information content (AvgIpc) is 3.03. The minimum atomic E-state index is 0.408. The molecule has 0 radical (unpaired) electrons. The Labute approximate surface area is 130 Å². The molecule has 1 aliphatic rings. The number of rotatable bonds is 9. The van der Waals surface area contributed by atoms with Gasteiger partial charge in [-0.1, -0.05) is 25.0 Å². The quantitative estimate of drug-likeness (QED) is 0.297. The first-order chi connectivity index (χ1) is 10.3. The van der Waals surface area contributed by atoms with Gasteiger partial charge in [0.25, 0.3) is 0 Å². The monoisotopic (exact) mass is 295 g/mol. The van der Waals surface area contributed by atoms with E-state index in [1.807, 2.05) is 14.0 Å². The van der Waals surface area contributed by atoms with Gasteiger partial charge in [0.2, 0.25) is 0 Å². The fraction of sp³-hybridized carbons (Fsp3) is 0.824. The Kier molecular flexibility index (Phi) is 9.96. The van der Waals surface area contributed by atoms with E-state index in [0.717, 1.165) is 44.4 Å². The van der Waals surface area contributed by atoms with Crippen molar-refractivity contribution in [1.29, 1.82) is 0 Å². The summed E-state index contributed by atoms with van der Waals surface area (Å²) in [5.41, 5.74) is 0. The van der Waals surface area contributed by atoms with Gasteiger partial charge in [-0.2, -0.15) is 0 Å². The highest BCUT2D eigenvalue weighted by molar-refractivity contribution is 5.79. The Hall–Kier alpha value is -1.03. The Morgan fingerprint density at radius 3 is 2.62 bits per heavy atom. The van der Waals surface area contributed by atoms with Gasteiger partial charge < -0.3 is 15.4 Å². The Bertz CT molecular complexity index is 309. The summed E-state index contributed by atoms with van der Waals surface area (Å²) in [6.07, 6.45) is 12.1. The highest BCUT2D eigenvalue weighted by atomic mass is 16.5. The number of allylic oxidation sites excluding steroid dienone is 1. The third-order valence-corrected chi connectivity index (χ3v) is 4.09. The molecule has 0 amide bonds. The van der Waals surface area contributed by atoms with E-state index < -0.39 is 0 Å². The summed E-state index contributed by atoms with van der Waals surface area (Å²) in [4.78, 5) is 4.26. The van der Waals surface area contributed by atoms with E-state index in [1.165, 1.54) is 25.7 Å². The zero-order chi connectivity index (χ0) is 15.3. The number of hydrogen-bond acceptors (Lipinski definition) is 2. The van der Waals surface area contributed by atoms with Crippen molar-refractivity contribution in [2.24, 2.45) is 10.9 Å². The van der Waals surface area contributed by atoms with E-state index in [9.17, 15) is 0 Å². The van der Waals surface area contributed by atoms with E-state index in [1.54, 1.807) is 0 Å². The highest BCUT2D eigenvalue weighted by Gasteiger charge is 2.24. The van der Waals surface area contributed by atoms with Crippen LogP contribution in [0.5, 0.6) is 0 Å². The predicted octanol–water partition coefficient (Wildman–Crippen LogP) is 3.10. The van der Waals surface area contributed by atoms with Crippen molar-refractivity contribution in [1.82, 2.24) is 10.6 Å². The largest absolute Gasteiger partial charge is 0.378 e. The van der Waals surface area contributed by atoms with Crippen LogP contribution in [0.4, 0.5) is 0 Å². The van der Waals surface area contributed by atoms with Crippen molar-refractivity contribution >= 4 is 5.96 Å². The van der Waals surface area contributed by atoms with Crippen LogP contribution in [-0.4, -0.2) is 38.8 Å². The summed E-state index contributed by atoms with van der Waals surface area (Å²) >= 11 is 0. The average molecular weight is 295 g/mol. The van der Waals surface area contributed by atoms with Crippen LogP contribution in [0.2, 0.25) is 0 Å². The summed E-state index contributed by atoms with van der Waals surface area (Å²) in [5.74, 6) is 1.65. The molecule has 1 saturated carbocycles. The first kappa shape index (κ1) is 18.0. The van der Waals surface area contributed by atoms with Gasteiger partial charge in [0.05, 0.1) is 6.10 Å². The number of aliphatic imine (C=N–C) groups is 1. The van der Waals surface area contributed by atoms with Crippen LogP contribution in [0.15, 0.2) is 17.1 Å². The predicted molar refractivity (Wildman–Crippen MR) is 90.8 cm³/mol. The van der Waals surface area contributed by atoms with Gasteiger partial charge in [0, 0.05) is 26.7 Å². The summed E-state index contributed by atoms with van der Waals surface area (Å²) in [6, 6.07) is 0. The van der Waals surface area contributed by atoms with Crippen LogP contribution < -0.4 is 10.6 Å². The van der Waals surface area contributed by atoms with Crippen LogP contribution in [0.25, 0.3) is 0 Å². The molecular weight excluding hydrogens is 262 g/mol. The minimum absolute atomic E-state index is 0.408. The lowest BCUT2D eigenvalue weighted by atomic mass is 9.98. The molecule has 0 aromatic rings. The van der Waals surface area contributed by atoms with Crippen molar-refractivity contribution in [2.75, 3.05) is 26.7 Å². The number of nitrogens with zero attached hydrogens (tertiary/aromatic N) is 1. The molecule has 1 rings (SSSR count). The van der Waals surface area contributed by atoms with E-state index >= 15 is 0 Å². The number of nitrogens with one attached hydrogen (secondary N) is 2. The van der Waals surface area contributed by atoms with Crippen LogP contribution in [0, 0.1) is 5.92 Å². The maximum absolute atomic E-state index is 5.95. The summed E-state index contributed by atoms with van der Waals surface area (Å²) in [6.45, 7) is 6.80. The van der Waals surface area contributed by atoms with E-state index in [4.69, 9.17) is 4.74 Å². The summed E-state index contributed by atoms with van der Waals surface area (Å²) in [5, 5.41) is 6.72. The maximum atomic E-state index is 5.95. The maximum Gasteiger partial charge on any atom is 0.190 e.